The second-order valence-electron chi connectivity index (χ2n) is 11.1. The maximum atomic E-state index is 14.6. The summed E-state index contributed by atoms with van der Waals surface area (Å²) in [6.07, 6.45) is 4.40. The second kappa shape index (κ2) is 11.5. The van der Waals surface area contributed by atoms with Crippen molar-refractivity contribution in [3.05, 3.63) is 71.3 Å². The Bertz CT molecular complexity index is 1220. The Kier molecular flexibility index (Phi) is 8.12. The molecule has 2 aromatic rings. The van der Waals surface area contributed by atoms with Gasteiger partial charge in [0.15, 0.2) is 0 Å². The van der Waals surface area contributed by atoms with Gasteiger partial charge in [0.1, 0.15) is 11.6 Å². The summed E-state index contributed by atoms with van der Waals surface area (Å²) >= 11 is 0. The number of carbonyl (C=O) groups is 1. The molecule has 2 aromatic carbocycles. The van der Waals surface area contributed by atoms with Crippen LogP contribution >= 0.6 is 0 Å². The highest BCUT2D eigenvalue weighted by molar-refractivity contribution is 5.94. The molecule has 2 unspecified atom stereocenters. The van der Waals surface area contributed by atoms with Gasteiger partial charge in [-0.15, -0.1) is 0 Å². The van der Waals surface area contributed by atoms with E-state index in [4.69, 9.17) is 4.74 Å². The molecule has 1 saturated carbocycles. The van der Waals surface area contributed by atoms with Crippen molar-refractivity contribution in [2.75, 3.05) is 44.3 Å². The van der Waals surface area contributed by atoms with Crippen LogP contribution < -0.4 is 4.90 Å². The summed E-state index contributed by atoms with van der Waals surface area (Å²) in [5, 5.41) is 9.03. The van der Waals surface area contributed by atoms with Crippen LogP contribution in [0, 0.1) is 28.9 Å². The first kappa shape index (κ1) is 27.4. The van der Waals surface area contributed by atoms with E-state index < -0.39 is 11.6 Å². The Morgan fingerprint density at radius 3 is 2.46 bits per heavy atom. The molecule has 0 aromatic heterocycles. The van der Waals surface area contributed by atoms with E-state index in [0.717, 1.165) is 31.6 Å². The summed E-state index contributed by atoms with van der Waals surface area (Å²) in [5.41, 5.74) is 1.62. The number of fused-ring (bicyclic) bond motifs is 2. The first-order chi connectivity index (χ1) is 18.8. The van der Waals surface area contributed by atoms with Crippen molar-refractivity contribution in [3.63, 3.8) is 0 Å². The van der Waals surface area contributed by atoms with Crippen LogP contribution in [0.1, 0.15) is 56.0 Å². The lowest BCUT2D eigenvalue weighted by Gasteiger charge is -2.42. The van der Waals surface area contributed by atoms with Gasteiger partial charge in [-0.1, -0.05) is 19.1 Å². The zero-order valence-corrected chi connectivity index (χ0v) is 23.1. The minimum absolute atomic E-state index is 0.00676. The predicted molar refractivity (Wildman–Crippen MR) is 149 cm³/mol. The van der Waals surface area contributed by atoms with Crippen molar-refractivity contribution in [1.29, 1.82) is 0 Å². The molecule has 3 aliphatic rings. The second-order valence-corrected chi connectivity index (χ2v) is 11.1. The monoisotopic (exact) mass is 536 g/mol. The molecule has 2 fully saturated rings. The van der Waals surface area contributed by atoms with E-state index in [0.29, 0.717) is 44.2 Å². The fourth-order valence-electron chi connectivity index (χ4n) is 6.63. The van der Waals surface area contributed by atoms with Crippen molar-refractivity contribution in [2.24, 2.45) is 27.5 Å². The topological polar surface area (TPSA) is 57.5 Å². The van der Waals surface area contributed by atoms with E-state index in [1.54, 1.807) is 0 Å². The lowest BCUT2D eigenvalue weighted by atomic mass is 9.70. The van der Waals surface area contributed by atoms with Crippen molar-refractivity contribution in [2.45, 2.75) is 46.1 Å². The maximum Gasteiger partial charge on any atom is 0.253 e. The molecule has 4 atom stereocenters. The van der Waals surface area contributed by atoms with E-state index in [-0.39, 0.29) is 34.5 Å². The molecule has 1 aliphatic carbocycles. The molecule has 2 aliphatic heterocycles. The Morgan fingerprint density at radius 2 is 1.79 bits per heavy atom. The summed E-state index contributed by atoms with van der Waals surface area (Å²) < 4.78 is 34.6. The number of hydrogen-bond donors (Lipinski definition) is 0. The SMILES string of the molecule is CCN(C[C@@]12CC[C@@H](C/C=C(/c3c(F)cccc3F)N=NC1C)C2C)C(=O)c1ccc(N2CCOCC2)cc1. The highest BCUT2D eigenvalue weighted by Crippen LogP contribution is 2.53. The molecule has 8 heteroatoms. The molecule has 2 heterocycles. The zero-order valence-electron chi connectivity index (χ0n) is 23.1. The van der Waals surface area contributed by atoms with Gasteiger partial charge in [0.05, 0.1) is 30.5 Å². The Labute approximate surface area is 229 Å². The third-order valence-corrected chi connectivity index (χ3v) is 9.24. The summed E-state index contributed by atoms with van der Waals surface area (Å²) in [6, 6.07) is 11.5. The zero-order chi connectivity index (χ0) is 27.6. The van der Waals surface area contributed by atoms with Gasteiger partial charge in [0.2, 0.25) is 0 Å². The number of rotatable bonds is 6. The van der Waals surface area contributed by atoms with Crippen LogP contribution in [0.25, 0.3) is 5.70 Å². The first-order valence-corrected chi connectivity index (χ1v) is 14.1. The Balaban J connectivity index is 1.38. The number of azo groups is 1. The number of anilines is 1. The summed E-state index contributed by atoms with van der Waals surface area (Å²) in [5.74, 6) is -0.683. The fraction of sp³-hybridized carbons (Fsp3) is 0.516. The highest BCUT2D eigenvalue weighted by atomic mass is 19.1. The number of morpholine rings is 1. The van der Waals surface area contributed by atoms with E-state index in [1.165, 1.54) is 18.2 Å². The van der Waals surface area contributed by atoms with Gasteiger partial charge in [-0.05, 0) is 81.3 Å². The average Bonchev–Trinajstić information content (AvgIpc) is 3.29. The number of benzene rings is 2. The number of nitrogens with zero attached hydrogens (tertiary/aromatic N) is 4. The van der Waals surface area contributed by atoms with Gasteiger partial charge in [-0.25, -0.2) is 8.78 Å². The normalized spacial score (nSPS) is 28.3. The number of carbonyl (C=O) groups excluding carboxylic acids is 1. The van der Waals surface area contributed by atoms with E-state index >= 15 is 0 Å². The largest absolute Gasteiger partial charge is 0.378 e. The summed E-state index contributed by atoms with van der Waals surface area (Å²) in [4.78, 5) is 17.9. The van der Waals surface area contributed by atoms with Gasteiger partial charge < -0.3 is 14.5 Å². The molecule has 5 rings (SSSR count). The van der Waals surface area contributed by atoms with Gasteiger partial charge in [0.25, 0.3) is 5.91 Å². The molecule has 0 spiro atoms. The van der Waals surface area contributed by atoms with E-state index in [2.05, 4.69) is 22.1 Å². The molecule has 1 saturated heterocycles. The van der Waals surface area contributed by atoms with Gasteiger partial charge >= 0.3 is 0 Å². The molecule has 208 valence electrons. The standard InChI is InChI=1S/C31H38F2N4O2/c1-4-36(30(38)24-8-11-25(12-9-24)37-16-18-39-19-17-37)20-31-15-14-23(21(31)2)10-13-28(35-34-22(31)3)29-26(32)6-5-7-27(29)33/h5-9,11-13,21-23H,4,10,14-20H2,1-3H3/b28-13-,35-34?/t21?,22?,23-,31-/m1/s1. The van der Waals surface area contributed by atoms with Gasteiger partial charge in [-0.3, -0.25) is 4.79 Å². The molecule has 39 heavy (non-hydrogen) atoms. The van der Waals surface area contributed by atoms with Crippen LogP contribution in [0.4, 0.5) is 14.5 Å². The quantitative estimate of drug-likeness (QED) is 0.419. The molecule has 2 bridgehead atoms. The van der Waals surface area contributed by atoms with Crippen LogP contribution in [-0.2, 0) is 4.74 Å². The molecular weight excluding hydrogens is 498 g/mol. The van der Waals surface area contributed by atoms with Gasteiger partial charge in [-0.2, -0.15) is 10.2 Å². The predicted octanol–water partition coefficient (Wildman–Crippen LogP) is 6.58. The van der Waals surface area contributed by atoms with E-state index in [9.17, 15) is 13.6 Å². The molecule has 0 N–H and O–H groups in total. The lowest BCUT2D eigenvalue weighted by Crippen LogP contribution is -2.48. The third kappa shape index (κ3) is 5.36. The number of hydrogen-bond acceptors (Lipinski definition) is 5. The van der Waals surface area contributed by atoms with Crippen molar-refractivity contribution in [1.82, 2.24) is 4.90 Å². The smallest absolute Gasteiger partial charge is 0.253 e. The Morgan fingerprint density at radius 1 is 1.10 bits per heavy atom. The fourth-order valence-corrected chi connectivity index (χ4v) is 6.63. The molecule has 1 amide bonds. The van der Waals surface area contributed by atoms with Crippen LogP contribution in [0.5, 0.6) is 0 Å². The number of halogens is 2. The minimum atomic E-state index is -0.637. The molecular formula is C31H38F2N4O2. The van der Waals surface area contributed by atoms with Crippen molar-refractivity contribution >= 4 is 17.3 Å². The Hall–Kier alpha value is -3.13. The van der Waals surface area contributed by atoms with Crippen LogP contribution in [0.3, 0.4) is 0 Å². The number of allylic oxidation sites excluding steroid dienone is 1. The maximum absolute atomic E-state index is 14.6. The average molecular weight is 537 g/mol. The minimum Gasteiger partial charge on any atom is -0.378 e. The molecule has 0 radical (unpaired) electrons. The molecule has 6 nitrogen and oxygen atoms in total. The van der Waals surface area contributed by atoms with Crippen LogP contribution in [-0.4, -0.2) is 56.2 Å². The first-order valence-electron chi connectivity index (χ1n) is 14.1. The van der Waals surface area contributed by atoms with Crippen molar-refractivity contribution in [3.8, 4) is 0 Å². The van der Waals surface area contributed by atoms with Crippen LogP contribution in [0.15, 0.2) is 58.8 Å². The summed E-state index contributed by atoms with van der Waals surface area (Å²) in [6.45, 7) is 10.5. The summed E-state index contributed by atoms with van der Waals surface area (Å²) in [7, 11) is 0. The van der Waals surface area contributed by atoms with E-state index in [1.807, 2.05) is 49.1 Å². The number of amides is 1. The highest BCUT2D eigenvalue weighted by Gasteiger charge is 2.51. The lowest BCUT2D eigenvalue weighted by molar-refractivity contribution is 0.0529. The van der Waals surface area contributed by atoms with Crippen molar-refractivity contribution < 1.29 is 18.3 Å². The number of ether oxygens (including phenoxy) is 1. The third-order valence-electron chi connectivity index (χ3n) is 9.24. The van der Waals surface area contributed by atoms with Crippen LogP contribution in [0.2, 0.25) is 0 Å². The van der Waals surface area contributed by atoms with Gasteiger partial charge in [0, 0.05) is 42.8 Å².